The smallest absolute Gasteiger partial charge is 0.266 e. The highest BCUT2D eigenvalue weighted by Crippen LogP contribution is 2.19. The highest BCUT2D eigenvalue weighted by atomic mass is 35.5. The molecular formula is C22H21ClN3O2+. The summed E-state index contributed by atoms with van der Waals surface area (Å²) in [7, 11) is 0. The van der Waals surface area contributed by atoms with E-state index in [9.17, 15) is 4.79 Å². The average Bonchev–Trinajstić information content (AvgIpc) is 3.23. The Kier molecular flexibility index (Phi) is 5.28. The van der Waals surface area contributed by atoms with Gasteiger partial charge in [-0.3, -0.25) is 9.36 Å². The maximum absolute atomic E-state index is 13.3. The first-order valence-corrected chi connectivity index (χ1v) is 9.68. The van der Waals surface area contributed by atoms with Crippen LogP contribution in [0.2, 0.25) is 5.02 Å². The van der Waals surface area contributed by atoms with Crippen LogP contribution in [0.5, 0.6) is 0 Å². The fourth-order valence-electron chi connectivity index (χ4n) is 3.38. The van der Waals surface area contributed by atoms with Crippen molar-refractivity contribution in [3.8, 4) is 5.69 Å². The number of benzene rings is 2. The number of rotatable bonds is 6. The van der Waals surface area contributed by atoms with Crippen LogP contribution in [0.1, 0.15) is 31.0 Å². The summed E-state index contributed by atoms with van der Waals surface area (Å²) < 4.78 is 7.15. The van der Waals surface area contributed by atoms with Gasteiger partial charge in [0.25, 0.3) is 5.56 Å². The van der Waals surface area contributed by atoms with Crippen LogP contribution in [-0.2, 0) is 6.54 Å². The molecule has 0 radical (unpaired) electrons. The zero-order chi connectivity index (χ0) is 19.5. The first kappa shape index (κ1) is 18.5. The maximum atomic E-state index is 13.3. The lowest BCUT2D eigenvalue weighted by molar-refractivity contribution is -0.714. The molecule has 2 heterocycles. The number of fused-ring (bicyclic) bond motifs is 1. The van der Waals surface area contributed by atoms with Gasteiger partial charge in [-0.1, -0.05) is 30.7 Å². The van der Waals surface area contributed by atoms with E-state index in [2.05, 4.69) is 12.2 Å². The zero-order valence-electron chi connectivity index (χ0n) is 15.5. The minimum atomic E-state index is -0.0761. The molecule has 6 heteroatoms. The summed E-state index contributed by atoms with van der Waals surface area (Å²) in [4.78, 5) is 18.2. The first-order chi connectivity index (χ1) is 13.7. The van der Waals surface area contributed by atoms with Crippen LogP contribution in [0.25, 0.3) is 16.6 Å². The van der Waals surface area contributed by atoms with Crippen molar-refractivity contribution in [1.82, 2.24) is 9.55 Å². The summed E-state index contributed by atoms with van der Waals surface area (Å²) in [5, 5.41) is 3.38. The summed E-state index contributed by atoms with van der Waals surface area (Å²) in [6.45, 7) is 2.77. The molecule has 0 unspecified atom stereocenters. The molecule has 5 nitrogen and oxygen atoms in total. The fraction of sp³-hybridized carbons (Fsp3) is 0.182. The van der Waals surface area contributed by atoms with E-state index in [1.807, 2.05) is 48.5 Å². The molecule has 2 aromatic carbocycles. The number of nitrogens with zero attached hydrogens (tertiary/aromatic N) is 2. The Morgan fingerprint density at radius 2 is 1.89 bits per heavy atom. The van der Waals surface area contributed by atoms with Gasteiger partial charge in [0.2, 0.25) is 0 Å². The van der Waals surface area contributed by atoms with Gasteiger partial charge < -0.3 is 9.73 Å². The van der Waals surface area contributed by atoms with Crippen LogP contribution in [-0.4, -0.2) is 9.55 Å². The Morgan fingerprint density at radius 1 is 1.11 bits per heavy atom. The first-order valence-electron chi connectivity index (χ1n) is 9.30. The number of hydrogen-bond donors (Lipinski definition) is 1. The van der Waals surface area contributed by atoms with Gasteiger partial charge in [-0.2, -0.15) is 0 Å². The zero-order valence-corrected chi connectivity index (χ0v) is 16.3. The van der Waals surface area contributed by atoms with Crippen molar-refractivity contribution in [1.29, 1.82) is 0 Å². The van der Waals surface area contributed by atoms with Crippen molar-refractivity contribution in [3.63, 3.8) is 0 Å². The molecule has 0 saturated heterocycles. The van der Waals surface area contributed by atoms with Gasteiger partial charge in [-0.15, -0.1) is 0 Å². The number of para-hydroxylation sites is 1. The van der Waals surface area contributed by atoms with Crippen molar-refractivity contribution >= 4 is 22.5 Å². The van der Waals surface area contributed by atoms with Gasteiger partial charge in [0.05, 0.1) is 22.9 Å². The number of quaternary nitrogens is 1. The van der Waals surface area contributed by atoms with Crippen LogP contribution in [0.15, 0.2) is 76.1 Å². The quantitative estimate of drug-likeness (QED) is 0.540. The van der Waals surface area contributed by atoms with E-state index in [1.54, 1.807) is 23.0 Å². The van der Waals surface area contributed by atoms with E-state index < -0.39 is 0 Å². The molecule has 0 saturated carbocycles. The predicted octanol–water partition coefficient (Wildman–Crippen LogP) is 3.85. The normalized spacial score (nSPS) is 12.4. The van der Waals surface area contributed by atoms with Crippen LogP contribution in [0.3, 0.4) is 0 Å². The molecule has 2 aromatic heterocycles. The SMILES string of the molecule is CC[C@H]([NH2+]Cc1ccco1)c1nc2ccccc2c(=O)n1-c1ccc(Cl)cc1. The van der Waals surface area contributed by atoms with Gasteiger partial charge >= 0.3 is 0 Å². The lowest BCUT2D eigenvalue weighted by Gasteiger charge is -2.19. The lowest BCUT2D eigenvalue weighted by atomic mass is 10.1. The molecular weight excluding hydrogens is 374 g/mol. The Labute approximate surface area is 167 Å². The lowest BCUT2D eigenvalue weighted by Crippen LogP contribution is -2.84. The van der Waals surface area contributed by atoms with Crippen molar-refractivity contribution < 1.29 is 9.73 Å². The summed E-state index contributed by atoms with van der Waals surface area (Å²) in [5.41, 5.74) is 1.39. The molecule has 1 atom stereocenters. The predicted molar refractivity (Wildman–Crippen MR) is 110 cm³/mol. The third-order valence-electron chi connectivity index (χ3n) is 4.84. The summed E-state index contributed by atoms with van der Waals surface area (Å²) in [6.07, 6.45) is 2.49. The third kappa shape index (κ3) is 3.59. The molecule has 0 bridgehead atoms. The van der Waals surface area contributed by atoms with Crippen molar-refractivity contribution in [3.05, 3.63) is 93.9 Å². The second-order valence-electron chi connectivity index (χ2n) is 6.64. The summed E-state index contributed by atoms with van der Waals surface area (Å²) in [6, 6.07) is 18.6. The van der Waals surface area contributed by atoms with Gasteiger partial charge in [0.1, 0.15) is 12.6 Å². The highest BCUT2D eigenvalue weighted by molar-refractivity contribution is 6.30. The molecule has 4 rings (SSSR count). The number of furan rings is 1. The van der Waals surface area contributed by atoms with E-state index in [1.165, 1.54) is 0 Å². The van der Waals surface area contributed by atoms with Crippen molar-refractivity contribution in [2.24, 2.45) is 0 Å². The minimum Gasteiger partial charge on any atom is -0.463 e. The molecule has 0 aliphatic rings. The van der Waals surface area contributed by atoms with Gasteiger partial charge in [-0.25, -0.2) is 4.98 Å². The maximum Gasteiger partial charge on any atom is 0.266 e. The van der Waals surface area contributed by atoms with Crippen LogP contribution in [0.4, 0.5) is 0 Å². The number of halogens is 1. The van der Waals surface area contributed by atoms with Crippen LogP contribution in [0, 0.1) is 0 Å². The number of hydrogen-bond acceptors (Lipinski definition) is 3. The van der Waals surface area contributed by atoms with Crippen LogP contribution < -0.4 is 10.9 Å². The molecule has 0 amide bonds. The average molecular weight is 395 g/mol. The summed E-state index contributed by atoms with van der Waals surface area (Å²) in [5.74, 6) is 1.61. The van der Waals surface area contributed by atoms with Gasteiger partial charge in [0, 0.05) is 11.4 Å². The fourth-order valence-corrected chi connectivity index (χ4v) is 3.51. The van der Waals surface area contributed by atoms with E-state index in [0.717, 1.165) is 23.7 Å². The van der Waals surface area contributed by atoms with E-state index in [-0.39, 0.29) is 11.6 Å². The molecule has 0 fully saturated rings. The van der Waals surface area contributed by atoms with Crippen molar-refractivity contribution in [2.75, 3.05) is 0 Å². The largest absolute Gasteiger partial charge is 0.463 e. The Morgan fingerprint density at radius 3 is 2.61 bits per heavy atom. The number of aromatic nitrogens is 2. The third-order valence-corrected chi connectivity index (χ3v) is 5.09. The Balaban J connectivity index is 1.85. The van der Waals surface area contributed by atoms with E-state index in [4.69, 9.17) is 21.0 Å². The van der Waals surface area contributed by atoms with Crippen molar-refractivity contribution in [2.45, 2.75) is 25.9 Å². The monoisotopic (exact) mass is 394 g/mol. The molecule has 0 spiro atoms. The molecule has 142 valence electrons. The molecule has 0 aliphatic carbocycles. The standard InChI is InChI=1S/C22H20ClN3O2/c1-2-19(24-14-17-6-5-13-28-17)21-25-20-8-4-3-7-18(20)22(27)26(21)16-11-9-15(23)10-12-16/h3-13,19,24H,2,14H2,1H3/p+1/t19-/m0/s1. The van der Waals surface area contributed by atoms with Crippen LogP contribution >= 0.6 is 11.6 Å². The molecule has 2 N–H and O–H groups in total. The summed E-state index contributed by atoms with van der Waals surface area (Å²) >= 11 is 6.05. The topological polar surface area (TPSA) is 64.6 Å². The Hall–Kier alpha value is -2.89. The van der Waals surface area contributed by atoms with E-state index >= 15 is 0 Å². The minimum absolute atomic E-state index is 0.00177. The Bertz CT molecular complexity index is 1130. The second kappa shape index (κ2) is 8.00. The highest BCUT2D eigenvalue weighted by Gasteiger charge is 2.22. The second-order valence-corrected chi connectivity index (χ2v) is 7.07. The van der Waals surface area contributed by atoms with Gasteiger partial charge in [-0.05, 0) is 48.5 Å². The molecule has 0 aliphatic heterocycles. The molecule has 28 heavy (non-hydrogen) atoms. The van der Waals surface area contributed by atoms with E-state index in [0.29, 0.717) is 22.5 Å². The molecule has 4 aromatic rings. The van der Waals surface area contributed by atoms with Gasteiger partial charge in [0.15, 0.2) is 11.6 Å². The number of nitrogens with two attached hydrogens (primary N) is 1.